The minimum Gasteiger partial charge on any atom is -0.461 e. The van der Waals surface area contributed by atoms with Crippen molar-refractivity contribution in [1.29, 1.82) is 0 Å². The number of ether oxygens (including phenoxy) is 1. The summed E-state index contributed by atoms with van der Waals surface area (Å²) in [5, 5.41) is 2.37. The van der Waals surface area contributed by atoms with Crippen LogP contribution in [0.1, 0.15) is 16.8 Å². The second-order valence-electron chi connectivity index (χ2n) is 3.30. The molecule has 6 heteroatoms. The van der Waals surface area contributed by atoms with Gasteiger partial charge in [-0.2, -0.15) is 0 Å². The normalized spacial score (nSPS) is 9.76. The lowest BCUT2D eigenvalue weighted by atomic mass is 10.2. The van der Waals surface area contributed by atoms with E-state index in [1.54, 1.807) is 0 Å². The van der Waals surface area contributed by atoms with Gasteiger partial charge in [0.1, 0.15) is 12.4 Å². The van der Waals surface area contributed by atoms with E-state index in [9.17, 15) is 14.0 Å². The molecular formula is C11H13FN2O3. The van der Waals surface area contributed by atoms with Crippen LogP contribution in [0.3, 0.4) is 0 Å². The molecule has 1 amide bonds. The highest BCUT2D eigenvalue weighted by molar-refractivity contribution is 5.90. The van der Waals surface area contributed by atoms with E-state index in [-0.39, 0.29) is 30.2 Å². The quantitative estimate of drug-likeness (QED) is 0.599. The Morgan fingerprint density at radius 3 is 2.82 bits per heavy atom. The van der Waals surface area contributed by atoms with E-state index in [0.717, 1.165) is 6.07 Å². The Hall–Kier alpha value is -2.11. The van der Waals surface area contributed by atoms with Crippen molar-refractivity contribution in [3.8, 4) is 0 Å². The molecule has 17 heavy (non-hydrogen) atoms. The number of halogens is 1. The lowest BCUT2D eigenvalue weighted by Gasteiger charge is -2.05. The molecule has 1 rings (SSSR count). The second kappa shape index (κ2) is 5.83. The van der Waals surface area contributed by atoms with Crippen molar-refractivity contribution in [1.82, 2.24) is 5.32 Å². The molecule has 0 atom stereocenters. The molecule has 0 radical (unpaired) electrons. The average molecular weight is 240 g/mol. The Kier molecular flexibility index (Phi) is 4.45. The first kappa shape index (κ1) is 13.0. The number of carbonyl (C=O) groups excluding carboxylic acids is 2. The maximum Gasteiger partial charge on any atom is 0.341 e. The van der Waals surface area contributed by atoms with Gasteiger partial charge >= 0.3 is 5.97 Å². The molecule has 0 aliphatic carbocycles. The van der Waals surface area contributed by atoms with Crippen molar-refractivity contribution in [2.45, 2.75) is 6.42 Å². The first-order chi connectivity index (χ1) is 8.04. The number of nitrogen functional groups attached to an aromatic ring is 1. The second-order valence-corrected chi connectivity index (χ2v) is 3.30. The molecule has 5 nitrogen and oxygen atoms in total. The Labute approximate surface area is 97.7 Å². The molecule has 0 fully saturated rings. The van der Waals surface area contributed by atoms with Crippen molar-refractivity contribution >= 4 is 17.6 Å². The molecule has 0 saturated carbocycles. The zero-order valence-electron chi connectivity index (χ0n) is 9.33. The zero-order valence-corrected chi connectivity index (χ0v) is 9.33. The first-order valence-electron chi connectivity index (χ1n) is 4.97. The number of amides is 1. The van der Waals surface area contributed by atoms with Gasteiger partial charge in [0.05, 0.1) is 12.0 Å². The van der Waals surface area contributed by atoms with Gasteiger partial charge in [-0.25, -0.2) is 9.18 Å². The Morgan fingerprint density at radius 1 is 1.47 bits per heavy atom. The van der Waals surface area contributed by atoms with E-state index in [4.69, 9.17) is 10.5 Å². The maximum atomic E-state index is 13.2. The maximum absolute atomic E-state index is 13.2. The molecule has 0 heterocycles. The fourth-order valence-electron chi connectivity index (χ4n) is 1.14. The summed E-state index contributed by atoms with van der Waals surface area (Å²) in [5.41, 5.74) is 5.46. The van der Waals surface area contributed by atoms with Crippen LogP contribution >= 0.6 is 0 Å². The van der Waals surface area contributed by atoms with Crippen molar-refractivity contribution in [2.24, 2.45) is 0 Å². The summed E-state index contributed by atoms with van der Waals surface area (Å²) >= 11 is 0. The van der Waals surface area contributed by atoms with Gasteiger partial charge in [0.15, 0.2) is 0 Å². The van der Waals surface area contributed by atoms with Gasteiger partial charge in [-0.05, 0) is 18.2 Å². The van der Waals surface area contributed by atoms with Crippen LogP contribution in [0.15, 0.2) is 18.2 Å². The number of rotatable bonds is 4. The Morgan fingerprint density at radius 2 is 2.18 bits per heavy atom. The van der Waals surface area contributed by atoms with Crippen molar-refractivity contribution in [2.75, 3.05) is 19.4 Å². The predicted molar refractivity (Wildman–Crippen MR) is 59.8 cm³/mol. The van der Waals surface area contributed by atoms with Crippen LogP contribution < -0.4 is 11.1 Å². The number of nitrogens with one attached hydrogen (secondary N) is 1. The summed E-state index contributed by atoms with van der Waals surface area (Å²) in [6, 6.07) is 3.62. The molecule has 0 aliphatic rings. The summed E-state index contributed by atoms with van der Waals surface area (Å²) in [5.74, 6) is -1.80. The van der Waals surface area contributed by atoms with Gasteiger partial charge in [0.2, 0.25) is 5.91 Å². The van der Waals surface area contributed by atoms with Crippen LogP contribution in [0.25, 0.3) is 0 Å². The number of hydrogen-bond acceptors (Lipinski definition) is 4. The number of nitrogens with two attached hydrogens (primary N) is 1. The molecular weight excluding hydrogens is 227 g/mol. The number of hydrogen-bond donors (Lipinski definition) is 2. The fourth-order valence-corrected chi connectivity index (χ4v) is 1.14. The minimum absolute atomic E-state index is 0.0339. The van der Waals surface area contributed by atoms with Gasteiger partial charge in [0, 0.05) is 12.7 Å². The van der Waals surface area contributed by atoms with Crippen LogP contribution in [0.4, 0.5) is 10.1 Å². The fraction of sp³-hybridized carbons (Fsp3) is 0.273. The van der Waals surface area contributed by atoms with Gasteiger partial charge in [-0.3, -0.25) is 4.79 Å². The van der Waals surface area contributed by atoms with Crippen molar-refractivity contribution < 1.29 is 18.7 Å². The molecule has 0 bridgehead atoms. The summed E-state index contributed by atoms with van der Waals surface area (Å²) in [6.07, 6.45) is 0.0339. The molecule has 0 spiro atoms. The van der Waals surface area contributed by atoms with Gasteiger partial charge in [-0.1, -0.05) is 0 Å². The van der Waals surface area contributed by atoms with Crippen LogP contribution in [-0.4, -0.2) is 25.5 Å². The highest BCUT2D eigenvalue weighted by Crippen LogP contribution is 2.13. The summed E-state index contributed by atoms with van der Waals surface area (Å²) in [7, 11) is 1.47. The lowest BCUT2D eigenvalue weighted by Crippen LogP contribution is -2.20. The van der Waals surface area contributed by atoms with E-state index >= 15 is 0 Å². The van der Waals surface area contributed by atoms with E-state index in [1.165, 1.54) is 19.2 Å². The first-order valence-corrected chi connectivity index (χ1v) is 4.97. The molecule has 0 aromatic heterocycles. The van der Waals surface area contributed by atoms with Crippen LogP contribution in [0.5, 0.6) is 0 Å². The summed E-state index contributed by atoms with van der Waals surface area (Å²) < 4.78 is 18.0. The van der Waals surface area contributed by atoms with Crippen molar-refractivity contribution in [3.63, 3.8) is 0 Å². The zero-order chi connectivity index (χ0) is 12.8. The topological polar surface area (TPSA) is 81.4 Å². The Bertz CT molecular complexity index is 435. The van der Waals surface area contributed by atoms with E-state index in [0.29, 0.717) is 0 Å². The third kappa shape index (κ3) is 3.75. The number of carbonyl (C=O) groups is 2. The minimum atomic E-state index is -0.835. The largest absolute Gasteiger partial charge is 0.461 e. The standard InChI is InChI=1S/C11H13FN2O3/c1-14-10(15)4-5-17-11(16)8-6-7(13)2-3-9(8)12/h2-3,6H,4-5,13H2,1H3,(H,14,15). The SMILES string of the molecule is CNC(=O)CCOC(=O)c1cc(N)ccc1F. The third-order valence-corrected chi connectivity index (χ3v) is 2.05. The Balaban J connectivity index is 2.58. The third-order valence-electron chi connectivity index (χ3n) is 2.05. The lowest BCUT2D eigenvalue weighted by molar-refractivity contribution is -0.121. The number of anilines is 1. The molecule has 0 unspecified atom stereocenters. The van der Waals surface area contributed by atoms with E-state index in [1.807, 2.05) is 0 Å². The molecule has 1 aromatic carbocycles. The summed E-state index contributed by atoms with van der Waals surface area (Å²) in [4.78, 5) is 22.3. The average Bonchev–Trinajstić information content (AvgIpc) is 2.31. The summed E-state index contributed by atoms with van der Waals surface area (Å²) in [6.45, 7) is -0.104. The van der Waals surface area contributed by atoms with Crippen molar-refractivity contribution in [3.05, 3.63) is 29.6 Å². The van der Waals surface area contributed by atoms with E-state index < -0.39 is 11.8 Å². The molecule has 3 N–H and O–H groups in total. The predicted octanol–water partition coefficient (Wildman–Crippen LogP) is 0.701. The van der Waals surface area contributed by atoms with Gasteiger partial charge < -0.3 is 15.8 Å². The molecule has 92 valence electrons. The molecule has 0 aliphatic heterocycles. The van der Waals surface area contributed by atoms with E-state index in [2.05, 4.69) is 5.32 Å². The smallest absolute Gasteiger partial charge is 0.341 e. The molecule has 0 saturated heterocycles. The van der Waals surface area contributed by atoms with Crippen LogP contribution in [0, 0.1) is 5.82 Å². The number of benzene rings is 1. The number of esters is 1. The highest BCUT2D eigenvalue weighted by atomic mass is 19.1. The van der Waals surface area contributed by atoms with Crippen LogP contribution in [-0.2, 0) is 9.53 Å². The van der Waals surface area contributed by atoms with Gasteiger partial charge in [-0.15, -0.1) is 0 Å². The van der Waals surface area contributed by atoms with Gasteiger partial charge in [0.25, 0.3) is 0 Å². The highest BCUT2D eigenvalue weighted by Gasteiger charge is 2.13. The molecule has 1 aromatic rings. The van der Waals surface area contributed by atoms with Crippen LogP contribution in [0.2, 0.25) is 0 Å². The monoisotopic (exact) mass is 240 g/mol.